The van der Waals surface area contributed by atoms with Crippen LogP contribution in [0.25, 0.3) is 6.08 Å². The van der Waals surface area contributed by atoms with Crippen LogP contribution in [-0.2, 0) is 4.79 Å². The van der Waals surface area contributed by atoms with Crippen molar-refractivity contribution in [3.8, 4) is 17.6 Å². The van der Waals surface area contributed by atoms with E-state index in [1.165, 1.54) is 6.08 Å². The van der Waals surface area contributed by atoms with Crippen LogP contribution in [0.1, 0.15) is 36.5 Å². The van der Waals surface area contributed by atoms with Gasteiger partial charge in [-0.2, -0.15) is 5.26 Å². The standard InChI is InChI=1S/C22H22BrNO3/c1-4-5-10-26-20-8-6-17(7-9-20)13-18(14-24)22(25)27-21-15(2)11-19(23)12-16(21)3/h6-9,11-13H,4-5,10H2,1-3H3. The summed E-state index contributed by atoms with van der Waals surface area (Å²) >= 11 is 3.41. The Bertz CT molecular complexity index is 856. The number of hydrogen-bond acceptors (Lipinski definition) is 4. The summed E-state index contributed by atoms with van der Waals surface area (Å²) in [6.45, 7) is 6.49. The van der Waals surface area contributed by atoms with Gasteiger partial charge >= 0.3 is 5.97 Å². The number of hydrogen-bond donors (Lipinski definition) is 0. The Hall–Kier alpha value is -2.58. The number of rotatable bonds is 7. The fraction of sp³-hybridized carbons (Fsp3) is 0.273. The minimum absolute atomic E-state index is 0.0589. The highest BCUT2D eigenvalue weighted by atomic mass is 79.9. The lowest BCUT2D eigenvalue weighted by Gasteiger charge is -2.10. The molecule has 0 fully saturated rings. The number of unbranched alkanes of at least 4 members (excludes halogenated alkanes) is 1. The zero-order valence-electron chi connectivity index (χ0n) is 15.7. The summed E-state index contributed by atoms with van der Waals surface area (Å²) in [5, 5.41) is 9.37. The van der Waals surface area contributed by atoms with Gasteiger partial charge in [-0.05, 0) is 67.3 Å². The van der Waals surface area contributed by atoms with Gasteiger partial charge in [0, 0.05) is 4.47 Å². The first kappa shape index (κ1) is 20.7. The Labute approximate surface area is 168 Å². The maximum atomic E-state index is 12.4. The van der Waals surface area contributed by atoms with Gasteiger partial charge in [-0.3, -0.25) is 0 Å². The van der Waals surface area contributed by atoms with E-state index in [1.54, 1.807) is 0 Å². The average Bonchev–Trinajstić information content (AvgIpc) is 2.64. The molecule has 5 heteroatoms. The second-order valence-corrected chi connectivity index (χ2v) is 7.11. The number of esters is 1. The molecule has 0 saturated heterocycles. The van der Waals surface area contributed by atoms with Gasteiger partial charge in [0.15, 0.2) is 0 Å². The second kappa shape index (κ2) is 9.94. The minimum Gasteiger partial charge on any atom is -0.494 e. The molecule has 2 aromatic carbocycles. The van der Waals surface area contributed by atoms with Crippen molar-refractivity contribution >= 4 is 28.0 Å². The third kappa shape index (κ3) is 5.97. The molecule has 0 amide bonds. The van der Waals surface area contributed by atoms with Gasteiger partial charge in [0.25, 0.3) is 0 Å². The Morgan fingerprint density at radius 2 is 1.81 bits per heavy atom. The highest BCUT2D eigenvalue weighted by Crippen LogP contribution is 2.28. The lowest BCUT2D eigenvalue weighted by atomic mass is 10.1. The normalized spacial score (nSPS) is 11.0. The summed E-state index contributed by atoms with van der Waals surface area (Å²) in [6.07, 6.45) is 3.59. The molecule has 0 aliphatic carbocycles. The second-order valence-electron chi connectivity index (χ2n) is 6.20. The van der Waals surface area contributed by atoms with Crippen LogP contribution in [0.5, 0.6) is 11.5 Å². The van der Waals surface area contributed by atoms with Gasteiger partial charge < -0.3 is 9.47 Å². The molecule has 0 aliphatic rings. The molecule has 0 saturated carbocycles. The van der Waals surface area contributed by atoms with Gasteiger partial charge in [0.2, 0.25) is 0 Å². The Balaban J connectivity index is 2.14. The lowest BCUT2D eigenvalue weighted by Crippen LogP contribution is -2.12. The van der Waals surface area contributed by atoms with Crippen molar-refractivity contribution in [2.24, 2.45) is 0 Å². The van der Waals surface area contributed by atoms with E-state index >= 15 is 0 Å². The number of ether oxygens (including phenoxy) is 2. The predicted molar refractivity (Wildman–Crippen MR) is 110 cm³/mol. The van der Waals surface area contributed by atoms with E-state index in [0.29, 0.717) is 12.4 Å². The predicted octanol–water partition coefficient (Wildman–Crippen LogP) is 5.76. The highest BCUT2D eigenvalue weighted by molar-refractivity contribution is 9.10. The van der Waals surface area contributed by atoms with Crippen molar-refractivity contribution < 1.29 is 14.3 Å². The molecule has 140 valence electrons. The van der Waals surface area contributed by atoms with E-state index in [9.17, 15) is 10.1 Å². The van der Waals surface area contributed by atoms with E-state index in [2.05, 4.69) is 22.9 Å². The van der Waals surface area contributed by atoms with Crippen LogP contribution in [0, 0.1) is 25.2 Å². The summed E-state index contributed by atoms with van der Waals surface area (Å²) in [5.41, 5.74) is 2.31. The highest BCUT2D eigenvalue weighted by Gasteiger charge is 2.15. The Morgan fingerprint density at radius 1 is 1.19 bits per heavy atom. The number of nitrogens with zero attached hydrogens (tertiary/aromatic N) is 1. The number of nitriles is 1. The first-order valence-electron chi connectivity index (χ1n) is 8.78. The van der Waals surface area contributed by atoms with E-state index in [-0.39, 0.29) is 5.57 Å². The monoisotopic (exact) mass is 427 g/mol. The zero-order valence-corrected chi connectivity index (χ0v) is 17.3. The van der Waals surface area contributed by atoms with Gasteiger partial charge in [0.05, 0.1) is 6.61 Å². The van der Waals surface area contributed by atoms with E-state index in [1.807, 2.05) is 56.3 Å². The van der Waals surface area contributed by atoms with Crippen LogP contribution in [0.2, 0.25) is 0 Å². The van der Waals surface area contributed by atoms with Crippen LogP contribution in [-0.4, -0.2) is 12.6 Å². The summed E-state index contributed by atoms with van der Waals surface area (Å²) in [4.78, 5) is 12.4. The maximum absolute atomic E-state index is 12.4. The quantitative estimate of drug-likeness (QED) is 0.185. The smallest absolute Gasteiger partial charge is 0.354 e. The van der Waals surface area contributed by atoms with E-state index < -0.39 is 5.97 Å². The van der Waals surface area contributed by atoms with Gasteiger partial charge in [-0.25, -0.2) is 4.79 Å². The van der Waals surface area contributed by atoms with Crippen molar-refractivity contribution in [2.45, 2.75) is 33.6 Å². The largest absolute Gasteiger partial charge is 0.494 e. The van der Waals surface area contributed by atoms with Gasteiger partial charge in [-0.1, -0.05) is 41.4 Å². The summed E-state index contributed by atoms with van der Waals surface area (Å²) in [7, 11) is 0. The van der Waals surface area contributed by atoms with Crippen molar-refractivity contribution in [1.29, 1.82) is 5.26 Å². The van der Waals surface area contributed by atoms with Gasteiger partial charge in [-0.15, -0.1) is 0 Å². The van der Waals surface area contributed by atoms with Gasteiger partial charge in [0.1, 0.15) is 23.1 Å². The summed E-state index contributed by atoms with van der Waals surface area (Å²) in [6, 6.07) is 12.9. The molecule has 2 rings (SSSR count). The van der Waals surface area contributed by atoms with Crippen LogP contribution >= 0.6 is 15.9 Å². The van der Waals surface area contributed by atoms with E-state index in [0.717, 1.165) is 39.8 Å². The Kier molecular flexibility index (Phi) is 7.63. The number of aryl methyl sites for hydroxylation is 2. The molecule has 0 aromatic heterocycles. The molecule has 0 atom stereocenters. The van der Waals surface area contributed by atoms with Crippen molar-refractivity contribution in [3.63, 3.8) is 0 Å². The molecule has 27 heavy (non-hydrogen) atoms. The molecular weight excluding hydrogens is 406 g/mol. The summed E-state index contributed by atoms with van der Waals surface area (Å²) < 4.78 is 12.0. The molecule has 4 nitrogen and oxygen atoms in total. The summed E-state index contributed by atoms with van der Waals surface area (Å²) in [5.74, 6) is 0.570. The SMILES string of the molecule is CCCCOc1ccc(C=C(C#N)C(=O)Oc2c(C)cc(Br)cc2C)cc1. The van der Waals surface area contributed by atoms with Crippen molar-refractivity contribution in [2.75, 3.05) is 6.61 Å². The van der Waals surface area contributed by atoms with Crippen molar-refractivity contribution in [3.05, 3.63) is 63.1 Å². The molecule has 0 unspecified atom stereocenters. The lowest BCUT2D eigenvalue weighted by molar-refractivity contribution is -0.129. The molecule has 0 radical (unpaired) electrons. The molecular formula is C22H22BrNO3. The molecule has 0 bridgehead atoms. The number of halogens is 1. The van der Waals surface area contributed by atoms with Crippen LogP contribution < -0.4 is 9.47 Å². The Morgan fingerprint density at radius 3 is 2.37 bits per heavy atom. The fourth-order valence-corrected chi connectivity index (χ4v) is 3.19. The number of carbonyl (C=O) groups excluding carboxylic acids is 1. The molecule has 2 aromatic rings. The first-order valence-corrected chi connectivity index (χ1v) is 9.57. The molecule has 0 spiro atoms. The third-order valence-electron chi connectivity index (χ3n) is 3.92. The first-order chi connectivity index (χ1) is 12.9. The minimum atomic E-state index is -0.672. The molecule has 0 N–H and O–H groups in total. The fourth-order valence-electron chi connectivity index (χ4n) is 2.50. The van der Waals surface area contributed by atoms with E-state index in [4.69, 9.17) is 9.47 Å². The third-order valence-corrected chi connectivity index (χ3v) is 4.38. The van der Waals surface area contributed by atoms with Crippen LogP contribution in [0.15, 0.2) is 46.4 Å². The molecule has 0 heterocycles. The van der Waals surface area contributed by atoms with Crippen molar-refractivity contribution in [1.82, 2.24) is 0 Å². The van der Waals surface area contributed by atoms with Crippen LogP contribution in [0.3, 0.4) is 0 Å². The zero-order chi connectivity index (χ0) is 19.8. The number of carbonyl (C=O) groups is 1. The number of benzene rings is 2. The molecule has 0 aliphatic heterocycles. The topological polar surface area (TPSA) is 59.3 Å². The van der Waals surface area contributed by atoms with Crippen LogP contribution in [0.4, 0.5) is 0 Å². The maximum Gasteiger partial charge on any atom is 0.354 e. The average molecular weight is 428 g/mol.